The number of rotatable bonds is 4. The van der Waals surface area contributed by atoms with Crippen LogP contribution in [0.3, 0.4) is 0 Å². The van der Waals surface area contributed by atoms with Crippen LogP contribution >= 0.6 is 11.6 Å². The summed E-state index contributed by atoms with van der Waals surface area (Å²) in [4.78, 5) is 30.0. The summed E-state index contributed by atoms with van der Waals surface area (Å²) < 4.78 is 0. The van der Waals surface area contributed by atoms with Gasteiger partial charge in [-0.1, -0.05) is 17.7 Å². The van der Waals surface area contributed by atoms with Crippen molar-refractivity contribution in [2.24, 2.45) is 5.73 Å². The number of likely N-dealkylation sites (tertiary alicyclic amines) is 1. The number of urea groups is 1. The minimum absolute atomic E-state index is 0.189. The van der Waals surface area contributed by atoms with Gasteiger partial charge in [0.25, 0.3) is 0 Å². The molecule has 0 saturated carbocycles. The van der Waals surface area contributed by atoms with Crippen molar-refractivity contribution < 1.29 is 9.59 Å². The molecule has 2 aliphatic rings. The van der Waals surface area contributed by atoms with Crippen LogP contribution in [0.2, 0.25) is 5.02 Å². The van der Waals surface area contributed by atoms with Crippen LogP contribution in [0.4, 0.5) is 10.5 Å². The molecule has 154 valence electrons. The van der Waals surface area contributed by atoms with Crippen LogP contribution in [0.1, 0.15) is 30.4 Å². The van der Waals surface area contributed by atoms with E-state index in [4.69, 9.17) is 23.1 Å². The number of primary amides is 1. The van der Waals surface area contributed by atoms with E-state index in [1.807, 2.05) is 24.0 Å². The first-order chi connectivity index (χ1) is 13.3. The van der Waals surface area contributed by atoms with Gasteiger partial charge in [0.05, 0.1) is 10.7 Å². The highest BCUT2D eigenvalue weighted by atomic mass is 35.5. The van der Waals surface area contributed by atoms with Crippen LogP contribution < -0.4 is 11.5 Å². The van der Waals surface area contributed by atoms with Gasteiger partial charge in [-0.05, 0) is 43.4 Å². The standard InChI is InChI=1S/C20H30ClN5O2/c1-14-12-15(13-17(21)19(14)22)2-3-18(27)25-10-8-24(9-11-25)16-4-6-26(7-5-16)20(23)28/h12-13,16H,2-11,22H2,1H3,(H2,23,28). The lowest BCUT2D eigenvalue weighted by Crippen LogP contribution is -2.55. The summed E-state index contributed by atoms with van der Waals surface area (Å²) in [6.45, 7) is 6.68. The Morgan fingerprint density at radius 2 is 1.71 bits per heavy atom. The molecule has 2 fully saturated rings. The van der Waals surface area contributed by atoms with E-state index in [9.17, 15) is 9.59 Å². The van der Waals surface area contributed by atoms with Crippen LogP contribution in [0.25, 0.3) is 0 Å². The van der Waals surface area contributed by atoms with Crippen LogP contribution in [0.15, 0.2) is 12.1 Å². The van der Waals surface area contributed by atoms with Gasteiger partial charge in [0, 0.05) is 51.7 Å². The summed E-state index contributed by atoms with van der Waals surface area (Å²) in [6.07, 6.45) is 3.06. The molecule has 0 bridgehead atoms. The highest BCUT2D eigenvalue weighted by molar-refractivity contribution is 6.33. The maximum Gasteiger partial charge on any atom is 0.314 e. The molecule has 2 saturated heterocycles. The molecule has 0 unspecified atom stereocenters. The maximum absolute atomic E-state index is 12.6. The summed E-state index contributed by atoms with van der Waals surface area (Å²) in [5.41, 5.74) is 13.8. The van der Waals surface area contributed by atoms with Crippen LogP contribution in [0, 0.1) is 6.92 Å². The largest absolute Gasteiger partial charge is 0.397 e. The number of nitrogens with zero attached hydrogens (tertiary/aromatic N) is 3. The van der Waals surface area contributed by atoms with E-state index in [2.05, 4.69) is 4.90 Å². The zero-order valence-electron chi connectivity index (χ0n) is 16.5. The number of benzene rings is 1. The van der Waals surface area contributed by atoms with Crippen molar-refractivity contribution in [1.82, 2.24) is 14.7 Å². The molecule has 0 radical (unpaired) electrons. The zero-order chi connectivity index (χ0) is 20.3. The molecule has 0 aromatic heterocycles. The first-order valence-corrected chi connectivity index (χ1v) is 10.3. The molecule has 3 rings (SSSR count). The fourth-order valence-electron chi connectivity index (χ4n) is 4.17. The molecule has 2 heterocycles. The molecule has 0 atom stereocenters. The molecule has 3 amide bonds. The Labute approximate surface area is 171 Å². The second kappa shape index (κ2) is 9.01. The lowest BCUT2D eigenvalue weighted by Gasteiger charge is -2.42. The summed E-state index contributed by atoms with van der Waals surface area (Å²) in [5, 5.41) is 0.554. The third-order valence-corrected chi connectivity index (χ3v) is 6.30. The van der Waals surface area contributed by atoms with Crippen molar-refractivity contribution in [3.63, 3.8) is 0 Å². The third kappa shape index (κ3) is 4.89. The number of hydrogen-bond donors (Lipinski definition) is 2. The predicted molar refractivity (Wildman–Crippen MR) is 111 cm³/mol. The SMILES string of the molecule is Cc1cc(CCC(=O)N2CCN(C3CCN(C(N)=O)CC3)CC2)cc(Cl)c1N. The highest BCUT2D eigenvalue weighted by Gasteiger charge is 2.29. The fourth-order valence-corrected chi connectivity index (χ4v) is 4.46. The summed E-state index contributed by atoms with van der Waals surface area (Å²) in [7, 11) is 0. The minimum Gasteiger partial charge on any atom is -0.397 e. The molecule has 1 aromatic rings. The quantitative estimate of drug-likeness (QED) is 0.744. The van der Waals surface area contributed by atoms with Crippen LogP contribution in [-0.2, 0) is 11.2 Å². The highest BCUT2D eigenvalue weighted by Crippen LogP contribution is 2.25. The first kappa shape index (κ1) is 20.7. The minimum atomic E-state index is -0.327. The van der Waals surface area contributed by atoms with Gasteiger partial charge in [-0.3, -0.25) is 9.69 Å². The Kier molecular flexibility index (Phi) is 6.67. The fraction of sp³-hybridized carbons (Fsp3) is 0.600. The van der Waals surface area contributed by atoms with Gasteiger partial charge in [-0.15, -0.1) is 0 Å². The Hall–Kier alpha value is -1.99. The second-order valence-electron chi connectivity index (χ2n) is 7.78. The molecular formula is C20H30ClN5O2. The predicted octanol–water partition coefficient (Wildman–Crippen LogP) is 1.85. The molecule has 8 heteroatoms. The van der Waals surface area contributed by atoms with Gasteiger partial charge in [-0.25, -0.2) is 4.79 Å². The number of halogens is 1. The van der Waals surface area contributed by atoms with Crippen molar-refractivity contribution in [2.45, 2.75) is 38.6 Å². The van der Waals surface area contributed by atoms with Crippen molar-refractivity contribution in [3.05, 3.63) is 28.3 Å². The molecule has 7 nitrogen and oxygen atoms in total. The number of amides is 3. The lowest BCUT2D eigenvalue weighted by molar-refractivity contribution is -0.133. The molecule has 4 N–H and O–H groups in total. The number of carbonyl (C=O) groups is 2. The second-order valence-corrected chi connectivity index (χ2v) is 8.19. The van der Waals surface area contributed by atoms with E-state index in [1.54, 1.807) is 4.90 Å². The molecule has 1 aromatic carbocycles. The zero-order valence-corrected chi connectivity index (χ0v) is 17.2. The molecule has 2 aliphatic heterocycles. The third-order valence-electron chi connectivity index (χ3n) is 5.98. The van der Waals surface area contributed by atoms with E-state index < -0.39 is 0 Å². The van der Waals surface area contributed by atoms with E-state index in [0.717, 1.165) is 63.2 Å². The van der Waals surface area contributed by atoms with Gasteiger partial charge in [0.1, 0.15) is 0 Å². The Morgan fingerprint density at radius 3 is 2.29 bits per heavy atom. The van der Waals surface area contributed by atoms with Gasteiger partial charge >= 0.3 is 6.03 Å². The molecule has 28 heavy (non-hydrogen) atoms. The van der Waals surface area contributed by atoms with E-state index in [-0.39, 0.29) is 11.9 Å². The van der Waals surface area contributed by atoms with E-state index in [1.165, 1.54) is 0 Å². The van der Waals surface area contributed by atoms with Crippen LogP contribution in [0.5, 0.6) is 0 Å². The average Bonchev–Trinajstić information content (AvgIpc) is 2.70. The molecular weight excluding hydrogens is 378 g/mol. The number of piperazine rings is 1. The number of hydrogen-bond acceptors (Lipinski definition) is 4. The number of piperidine rings is 1. The summed E-state index contributed by atoms with van der Waals surface area (Å²) >= 11 is 6.14. The smallest absolute Gasteiger partial charge is 0.314 e. The Bertz CT molecular complexity index is 702. The Balaban J connectivity index is 1.43. The maximum atomic E-state index is 12.6. The number of aryl methyl sites for hydroxylation is 2. The Morgan fingerprint density at radius 1 is 1.07 bits per heavy atom. The number of nitrogen functional groups attached to an aromatic ring is 1. The van der Waals surface area contributed by atoms with Crippen molar-refractivity contribution in [1.29, 1.82) is 0 Å². The number of anilines is 1. The van der Waals surface area contributed by atoms with Crippen molar-refractivity contribution in [3.8, 4) is 0 Å². The van der Waals surface area contributed by atoms with Crippen molar-refractivity contribution in [2.75, 3.05) is 45.0 Å². The van der Waals surface area contributed by atoms with Gasteiger partial charge in [-0.2, -0.15) is 0 Å². The number of carbonyl (C=O) groups excluding carboxylic acids is 2. The molecule has 0 spiro atoms. The van der Waals surface area contributed by atoms with E-state index >= 15 is 0 Å². The summed E-state index contributed by atoms with van der Waals surface area (Å²) in [6, 6.07) is 4.01. The first-order valence-electron chi connectivity index (χ1n) is 9.96. The van der Waals surface area contributed by atoms with Crippen LogP contribution in [-0.4, -0.2) is 71.9 Å². The van der Waals surface area contributed by atoms with E-state index in [0.29, 0.717) is 29.6 Å². The normalized spacial score (nSPS) is 19.1. The van der Waals surface area contributed by atoms with Crippen molar-refractivity contribution >= 4 is 29.2 Å². The van der Waals surface area contributed by atoms with Gasteiger partial charge < -0.3 is 21.3 Å². The topological polar surface area (TPSA) is 95.9 Å². The number of nitrogens with two attached hydrogens (primary N) is 2. The van der Waals surface area contributed by atoms with Gasteiger partial charge in [0.2, 0.25) is 5.91 Å². The monoisotopic (exact) mass is 407 g/mol. The van der Waals surface area contributed by atoms with Gasteiger partial charge in [0.15, 0.2) is 0 Å². The lowest BCUT2D eigenvalue weighted by atomic mass is 10.0. The average molecular weight is 408 g/mol. The summed E-state index contributed by atoms with van der Waals surface area (Å²) in [5.74, 6) is 0.189. The molecule has 0 aliphatic carbocycles.